The quantitative estimate of drug-likeness (QED) is 0.400. The standard InChI is InChI=1S/C23H18ClN7O/c24-18-9-11-20(12-10-18)32-15-19-14-31(30-25-19)13-16-5-7-17(8-6-16)21-3-1-2-4-22(21)23-26-28-29-27-23/h1-12,14H,13,15H2,(H,26,27,28,29). The van der Waals surface area contributed by atoms with Gasteiger partial charge in [-0.15, -0.1) is 15.3 Å². The second kappa shape index (κ2) is 8.99. The number of ether oxygens (including phenoxy) is 1. The van der Waals surface area contributed by atoms with Crippen molar-refractivity contribution in [2.24, 2.45) is 0 Å². The molecule has 2 aromatic heterocycles. The molecule has 0 spiro atoms. The van der Waals surface area contributed by atoms with Crippen molar-refractivity contribution in [3.05, 3.63) is 95.3 Å². The van der Waals surface area contributed by atoms with E-state index in [1.807, 2.05) is 42.6 Å². The summed E-state index contributed by atoms with van der Waals surface area (Å²) in [5.74, 6) is 1.31. The van der Waals surface area contributed by atoms with Crippen LogP contribution in [0.3, 0.4) is 0 Å². The van der Waals surface area contributed by atoms with Crippen LogP contribution < -0.4 is 4.74 Å². The van der Waals surface area contributed by atoms with Gasteiger partial charge < -0.3 is 4.74 Å². The number of H-pyrrole nitrogens is 1. The molecule has 32 heavy (non-hydrogen) atoms. The lowest BCUT2D eigenvalue weighted by molar-refractivity contribution is 0.301. The molecule has 0 amide bonds. The smallest absolute Gasteiger partial charge is 0.205 e. The van der Waals surface area contributed by atoms with E-state index in [9.17, 15) is 0 Å². The Kier molecular flexibility index (Phi) is 5.59. The first-order valence-corrected chi connectivity index (χ1v) is 10.3. The molecule has 8 nitrogen and oxygen atoms in total. The zero-order chi connectivity index (χ0) is 21.8. The van der Waals surface area contributed by atoms with Gasteiger partial charge in [0.25, 0.3) is 0 Å². The number of halogens is 1. The summed E-state index contributed by atoms with van der Waals surface area (Å²) in [7, 11) is 0. The van der Waals surface area contributed by atoms with Gasteiger partial charge >= 0.3 is 0 Å². The summed E-state index contributed by atoms with van der Waals surface area (Å²) in [6.45, 7) is 0.953. The number of tetrazole rings is 1. The Hall–Kier alpha value is -4.04. The molecule has 1 N–H and O–H groups in total. The van der Waals surface area contributed by atoms with E-state index in [2.05, 4.69) is 55.2 Å². The third-order valence-corrected chi connectivity index (χ3v) is 5.16. The molecule has 0 saturated carbocycles. The summed E-state index contributed by atoms with van der Waals surface area (Å²) >= 11 is 5.89. The molecule has 0 fully saturated rings. The highest BCUT2D eigenvalue weighted by atomic mass is 35.5. The molecule has 0 atom stereocenters. The molecule has 0 aliphatic rings. The monoisotopic (exact) mass is 443 g/mol. The summed E-state index contributed by atoms with van der Waals surface area (Å²) < 4.78 is 7.52. The zero-order valence-corrected chi connectivity index (χ0v) is 17.6. The highest BCUT2D eigenvalue weighted by Gasteiger charge is 2.11. The predicted octanol–water partition coefficient (Wildman–Crippen LogP) is 4.41. The average molecular weight is 444 g/mol. The second-order valence-corrected chi connectivity index (χ2v) is 7.56. The molecule has 5 rings (SSSR count). The van der Waals surface area contributed by atoms with Crippen molar-refractivity contribution in [3.8, 4) is 28.3 Å². The second-order valence-electron chi connectivity index (χ2n) is 7.13. The molecular formula is C23H18ClN7O. The van der Waals surface area contributed by atoms with Gasteiger partial charge in [-0.3, -0.25) is 0 Å². The average Bonchev–Trinajstić information content (AvgIpc) is 3.52. The molecule has 0 aliphatic heterocycles. The van der Waals surface area contributed by atoms with E-state index < -0.39 is 0 Å². The Morgan fingerprint density at radius 1 is 0.875 bits per heavy atom. The van der Waals surface area contributed by atoms with Crippen LogP contribution in [0.15, 0.2) is 79.0 Å². The van der Waals surface area contributed by atoms with E-state index in [0.29, 0.717) is 24.0 Å². The number of rotatable bonds is 7. The van der Waals surface area contributed by atoms with E-state index in [-0.39, 0.29) is 0 Å². The molecule has 0 unspecified atom stereocenters. The normalized spacial score (nSPS) is 10.9. The highest BCUT2D eigenvalue weighted by Crippen LogP contribution is 2.29. The van der Waals surface area contributed by atoms with Crippen LogP contribution in [0, 0.1) is 0 Å². The Morgan fingerprint density at radius 2 is 1.66 bits per heavy atom. The van der Waals surface area contributed by atoms with Crippen molar-refractivity contribution in [3.63, 3.8) is 0 Å². The predicted molar refractivity (Wildman–Crippen MR) is 120 cm³/mol. The number of aromatic amines is 1. The fourth-order valence-electron chi connectivity index (χ4n) is 3.35. The lowest BCUT2D eigenvalue weighted by Gasteiger charge is -2.08. The topological polar surface area (TPSA) is 94.4 Å². The van der Waals surface area contributed by atoms with Gasteiger partial charge in [0.1, 0.15) is 18.1 Å². The minimum atomic E-state index is 0.341. The molecule has 9 heteroatoms. The van der Waals surface area contributed by atoms with Gasteiger partial charge in [-0.25, -0.2) is 4.68 Å². The van der Waals surface area contributed by atoms with Crippen LogP contribution in [0.1, 0.15) is 11.3 Å². The van der Waals surface area contributed by atoms with E-state index in [0.717, 1.165) is 33.7 Å². The van der Waals surface area contributed by atoms with Gasteiger partial charge in [0.2, 0.25) is 5.82 Å². The Balaban J connectivity index is 1.26. The van der Waals surface area contributed by atoms with Gasteiger partial charge in [0, 0.05) is 10.6 Å². The van der Waals surface area contributed by atoms with Crippen molar-refractivity contribution in [1.82, 2.24) is 35.6 Å². The largest absolute Gasteiger partial charge is 0.487 e. The van der Waals surface area contributed by atoms with Crippen molar-refractivity contribution in [1.29, 1.82) is 0 Å². The molecule has 158 valence electrons. The molecule has 3 aromatic carbocycles. The number of hydrogen-bond donors (Lipinski definition) is 1. The SMILES string of the molecule is Clc1ccc(OCc2cn(Cc3ccc(-c4ccccc4-c4nn[nH]n4)cc3)nn2)cc1. The fraction of sp³-hybridized carbons (Fsp3) is 0.0870. The van der Waals surface area contributed by atoms with E-state index in [1.54, 1.807) is 16.8 Å². The van der Waals surface area contributed by atoms with Gasteiger partial charge in [-0.05, 0) is 46.2 Å². The van der Waals surface area contributed by atoms with Crippen LogP contribution >= 0.6 is 11.6 Å². The maximum Gasteiger partial charge on any atom is 0.205 e. The van der Waals surface area contributed by atoms with Crippen LogP contribution in [-0.2, 0) is 13.2 Å². The maximum absolute atomic E-state index is 5.89. The first kappa shape index (κ1) is 19.9. The fourth-order valence-corrected chi connectivity index (χ4v) is 3.48. The van der Waals surface area contributed by atoms with Crippen LogP contribution in [0.2, 0.25) is 5.02 Å². The van der Waals surface area contributed by atoms with Crippen LogP contribution in [0.5, 0.6) is 5.75 Å². The summed E-state index contributed by atoms with van der Waals surface area (Å²) in [4.78, 5) is 0. The molecule has 0 bridgehead atoms. The Bertz CT molecular complexity index is 1300. The van der Waals surface area contributed by atoms with Gasteiger partial charge in [-0.2, -0.15) is 5.21 Å². The van der Waals surface area contributed by atoms with E-state index >= 15 is 0 Å². The summed E-state index contributed by atoms with van der Waals surface area (Å²) in [5, 5.41) is 23.4. The number of nitrogens with zero attached hydrogens (tertiary/aromatic N) is 6. The van der Waals surface area contributed by atoms with Crippen molar-refractivity contribution < 1.29 is 4.74 Å². The van der Waals surface area contributed by atoms with Gasteiger partial charge in [0.05, 0.1) is 12.7 Å². The summed E-state index contributed by atoms with van der Waals surface area (Å²) in [6.07, 6.45) is 1.88. The molecule has 0 radical (unpaired) electrons. The zero-order valence-electron chi connectivity index (χ0n) is 16.9. The highest BCUT2D eigenvalue weighted by molar-refractivity contribution is 6.30. The van der Waals surface area contributed by atoms with E-state index in [4.69, 9.17) is 16.3 Å². The minimum Gasteiger partial charge on any atom is -0.487 e. The first-order chi connectivity index (χ1) is 15.7. The van der Waals surface area contributed by atoms with E-state index in [1.165, 1.54) is 0 Å². The maximum atomic E-state index is 5.89. The van der Waals surface area contributed by atoms with Crippen molar-refractivity contribution in [2.45, 2.75) is 13.2 Å². The summed E-state index contributed by atoms with van der Waals surface area (Å²) in [5.41, 5.74) is 4.91. The summed E-state index contributed by atoms with van der Waals surface area (Å²) in [6, 6.07) is 23.5. The Morgan fingerprint density at radius 3 is 2.41 bits per heavy atom. The van der Waals surface area contributed by atoms with Gasteiger partial charge in [0.15, 0.2) is 0 Å². The third-order valence-electron chi connectivity index (χ3n) is 4.91. The van der Waals surface area contributed by atoms with Crippen molar-refractivity contribution in [2.75, 3.05) is 0 Å². The van der Waals surface area contributed by atoms with Crippen LogP contribution in [0.25, 0.3) is 22.5 Å². The lowest BCUT2D eigenvalue weighted by atomic mass is 9.98. The molecule has 0 saturated heterocycles. The van der Waals surface area contributed by atoms with Crippen LogP contribution in [-0.4, -0.2) is 35.6 Å². The third kappa shape index (κ3) is 4.50. The molecule has 2 heterocycles. The number of aromatic nitrogens is 7. The molecular weight excluding hydrogens is 426 g/mol. The number of nitrogens with one attached hydrogen (secondary N) is 1. The van der Waals surface area contributed by atoms with Crippen molar-refractivity contribution >= 4 is 11.6 Å². The molecule has 0 aliphatic carbocycles. The van der Waals surface area contributed by atoms with Gasteiger partial charge in [-0.1, -0.05) is 65.3 Å². The Labute approximate surface area is 188 Å². The molecule has 5 aromatic rings. The number of hydrogen-bond acceptors (Lipinski definition) is 6. The minimum absolute atomic E-state index is 0.341. The first-order valence-electron chi connectivity index (χ1n) is 9.94. The van der Waals surface area contributed by atoms with Crippen LogP contribution in [0.4, 0.5) is 0 Å². The number of benzene rings is 3. The lowest BCUT2D eigenvalue weighted by Crippen LogP contribution is -2.00.